The average Bonchev–Trinajstić information content (AvgIpc) is 3.23. The van der Waals surface area contributed by atoms with Gasteiger partial charge in [-0.2, -0.15) is 0 Å². The number of H-pyrrole nitrogens is 1. The van der Waals surface area contributed by atoms with Crippen LogP contribution in [-0.2, 0) is 11.2 Å². The van der Waals surface area contributed by atoms with Crippen LogP contribution in [0.1, 0.15) is 37.2 Å². The lowest BCUT2D eigenvalue weighted by Gasteiger charge is -2.16. The first kappa shape index (κ1) is 16.3. The summed E-state index contributed by atoms with van der Waals surface area (Å²) in [7, 11) is 0. The maximum absolute atomic E-state index is 12.1. The molecule has 0 bridgehead atoms. The number of aromatic amines is 1. The molecule has 0 aliphatic rings. The number of furan rings is 1. The highest BCUT2D eigenvalue weighted by Gasteiger charge is 2.16. The van der Waals surface area contributed by atoms with Gasteiger partial charge in [0, 0.05) is 36.0 Å². The summed E-state index contributed by atoms with van der Waals surface area (Å²) < 4.78 is 5.17. The molecule has 0 radical (unpaired) electrons. The van der Waals surface area contributed by atoms with E-state index < -0.39 is 6.10 Å². The number of carbonyl (C=O) groups is 1. The Kier molecular flexibility index (Phi) is 5.01. The molecular weight excluding hydrogens is 304 g/mol. The summed E-state index contributed by atoms with van der Waals surface area (Å²) in [5, 5.41) is 14.1. The number of fused-ring (bicyclic) bond motifs is 1. The van der Waals surface area contributed by atoms with E-state index in [1.165, 1.54) is 6.26 Å². The SMILES string of the molecule is CC(CC(O)c1ccco1)NC(=O)CCc1c[nH]c2ccccc12. The zero-order chi connectivity index (χ0) is 16.9. The molecule has 0 fully saturated rings. The lowest BCUT2D eigenvalue weighted by Crippen LogP contribution is -2.33. The number of hydrogen-bond donors (Lipinski definition) is 3. The van der Waals surface area contributed by atoms with Crippen LogP contribution in [0.15, 0.2) is 53.3 Å². The maximum Gasteiger partial charge on any atom is 0.220 e. The number of aryl methyl sites for hydroxylation is 1. The Labute approximate surface area is 140 Å². The Bertz CT molecular complexity index is 792. The first-order valence-corrected chi connectivity index (χ1v) is 8.19. The van der Waals surface area contributed by atoms with Crippen LogP contribution in [0.25, 0.3) is 10.9 Å². The van der Waals surface area contributed by atoms with Gasteiger partial charge in [-0.15, -0.1) is 0 Å². The molecule has 1 aromatic carbocycles. The molecule has 3 rings (SSSR count). The molecule has 3 N–H and O–H groups in total. The Morgan fingerprint density at radius 1 is 1.29 bits per heavy atom. The number of aliphatic hydroxyl groups excluding tert-OH is 1. The van der Waals surface area contributed by atoms with E-state index in [0.29, 0.717) is 25.0 Å². The van der Waals surface area contributed by atoms with Crippen LogP contribution in [0.4, 0.5) is 0 Å². The van der Waals surface area contributed by atoms with E-state index in [1.807, 2.05) is 31.3 Å². The van der Waals surface area contributed by atoms with Gasteiger partial charge in [0.15, 0.2) is 0 Å². The van der Waals surface area contributed by atoms with Gasteiger partial charge in [0.2, 0.25) is 5.91 Å². The second-order valence-electron chi connectivity index (χ2n) is 6.09. The Hall–Kier alpha value is -2.53. The molecule has 2 aromatic heterocycles. The van der Waals surface area contributed by atoms with Crippen LogP contribution >= 0.6 is 0 Å². The Morgan fingerprint density at radius 2 is 2.12 bits per heavy atom. The molecule has 0 aliphatic heterocycles. The number of rotatable bonds is 7. The number of para-hydroxylation sites is 1. The minimum Gasteiger partial charge on any atom is -0.467 e. The Morgan fingerprint density at radius 3 is 2.92 bits per heavy atom. The summed E-state index contributed by atoms with van der Waals surface area (Å²) in [6.07, 6.45) is 4.31. The fourth-order valence-electron chi connectivity index (χ4n) is 2.92. The molecule has 2 heterocycles. The molecule has 0 saturated heterocycles. The van der Waals surface area contributed by atoms with Gasteiger partial charge in [-0.05, 0) is 37.1 Å². The third-order valence-electron chi connectivity index (χ3n) is 4.15. The highest BCUT2D eigenvalue weighted by atomic mass is 16.4. The molecule has 0 saturated carbocycles. The maximum atomic E-state index is 12.1. The highest BCUT2D eigenvalue weighted by Crippen LogP contribution is 2.20. The van der Waals surface area contributed by atoms with Gasteiger partial charge in [0.25, 0.3) is 0 Å². The standard InChI is InChI=1S/C19H22N2O3/c1-13(11-17(22)18-7-4-10-24-18)21-19(23)9-8-14-12-20-16-6-3-2-5-15(14)16/h2-7,10,12-13,17,20,22H,8-9,11H2,1H3,(H,21,23). The fourth-order valence-corrected chi connectivity index (χ4v) is 2.92. The molecule has 5 nitrogen and oxygen atoms in total. The number of carbonyl (C=O) groups excluding carboxylic acids is 1. The molecule has 0 aliphatic carbocycles. The first-order chi connectivity index (χ1) is 11.6. The lowest BCUT2D eigenvalue weighted by atomic mass is 10.1. The molecule has 5 heteroatoms. The summed E-state index contributed by atoms with van der Waals surface area (Å²) in [6, 6.07) is 11.4. The number of benzene rings is 1. The third-order valence-corrected chi connectivity index (χ3v) is 4.15. The minimum atomic E-state index is -0.705. The van der Waals surface area contributed by atoms with Crippen molar-refractivity contribution in [1.82, 2.24) is 10.3 Å². The fraction of sp³-hybridized carbons (Fsp3) is 0.316. The topological polar surface area (TPSA) is 78.3 Å². The molecule has 3 aromatic rings. The van der Waals surface area contributed by atoms with Gasteiger partial charge >= 0.3 is 0 Å². The quantitative estimate of drug-likeness (QED) is 0.623. The number of aliphatic hydroxyl groups is 1. The van der Waals surface area contributed by atoms with Crippen molar-refractivity contribution in [2.24, 2.45) is 0 Å². The zero-order valence-electron chi connectivity index (χ0n) is 13.7. The van der Waals surface area contributed by atoms with Crippen molar-refractivity contribution in [2.45, 2.75) is 38.3 Å². The Balaban J connectivity index is 1.48. The molecule has 2 unspecified atom stereocenters. The van der Waals surface area contributed by atoms with Gasteiger partial charge < -0.3 is 19.8 Å². The van der Waals surface area contributed by atoms with E-state index in [4.69, 9.17) is 4.42 Å². The normalized spacial score (nSPS) is 13.8. The van der Waals surface area contributed by atoms with E-state index in [0.717, 1.165) is 16.5 Å². The minimum absolute atomic E-state index is 0.0144. The van der Waals surface area contributed by atoms with Gasteiger partial charge in [0.1, 0.15) is 11.9 Å². The number of aromatic nitrogens is 1. The van der Waals surface area contributed by atoms with E-state index >= 15 is 0 Å². The molecule has 2 atom stereocenters. The molecular formula is C19H22N2O3. The predicted molar refractivity (Wildman–Crippen MR) is 92.5 cm³/mol. The largest absolute Gasteiger partial charge is 0.467 e. The van der Waals surface area contributed by atoms with E-state index in [9.17, 15) is 9.90 Å². The van der Waals surface area contributed by atoms with E-state index in [1.54, 1.807) is 12.1 Å². The summed E-state index contributed by atoms with van der Waals surface area (Å²) in [6.45, 7) is 1.88. The monoisotopic (exact) mass is 326 g/mol. The van der Waals surface area contributed by atoms with Crippen molar-refractivity contribution >= 4 is 16.8 Å². The van der Waals surface area contributed by atoms with Crippen molar-refractivity contribution in [3.05, 3.63) is 60.2 Å². The summed E-state index contributed by atoms with van der Waals surface area (Å²) >= 11 is 0. The van der Waals surface area contributed by atoms with Crippen molar-refractivity contribution in [3.63, 3.8) is 0 Å². The van der Waals surface area contributed by atoms with Gasteiger partial charge in [-0.3, -0.25) is 4.79 Å². The molecule has 126 valence electrons. The average molecular weight is 326 g/mol. The van der Waals surface area contributed by atoms with Crippen molar-refractivity contribution in [1.29, 1.82) is 0 Å². The number of nitrogens with one attached hydrogen (secondary N) is 2. The summed E-state index contributed by atoms with van der Waals surface area (Å²) in [5.41, 5.74) is 2.23. The van der Waals surface area contributed by atoms with E-state index in [2.05, 4.69) is 16.4 Å². The van der Waals surface area contributed by atoms with Gasteiger partial charge in [-0.25, -0.2) is 0 Å². The van der Waals surface area contributed by atoms with Crippen molar-refractivity contribution in [2.75, 3.05) is 0 Å². The first-order valence-electron chi connectivity index (χ1n) is 8.19. The van der Waals surface area contributed by atoms with Crippen molar-refractivity contribution in [3.8, 4) is 0 Å². The van der Waals surface area contributed by atoms with Crippen LogP contribution in [0.2, 0.25) is 0 Å². The lowest BCUT2D eigenvalue weighted by molar-refractivity contribution is -0.121. The van der Waals surface area contributed by atoms with Crippen LogP contribution < -0.4 is 5.32 Å². The summed E-state index contributed by atoms with van der Waals surface area (Å²) in [4.78, 5) is 15.3. The van der Waals surface area contributed by atoms with Gasteiger partial charge in [0.05, 0.1) is 6.26 Å². The predicted octanol–water partition coefficient (Wildman–Crippen LogP) is 3.32. The second kappa shape index (κ2) is 7.36. The van der Waals surface area contributed by atoms with Crippen LogP contribution in [0.3, 0.4) is 0 Å². The summed E-state index contributed by atoms with van der Waals surface area (Å²) in [5.74, 6) is 0.509. The highest BCUT2D eigenvalue weighted by molar-refractivity contribution is 5.84. The zero-order valence-corrected chi connectivity index (χ0v) is 13.7. The van der Waals surface area contributed by atoms with Crippen LogP contribution in [0.5, 0.6) is 0 Å². The number of amides is 1. The van der Waals surface area contributed by atoms with Crippen molar-refractivity contribution < 1.29 is 14.3 Å². The second-order valence-corrected chi connectivity index (χ2v) is 6.09. The van der Waals surface area contributed by atoms with Crippen LogP contribution in [0, 0.1) is 0 Å². The molecule has 1 amide bonds. The third kappa shape index (κ3) is 3.86. The van der Waals surface area contributed by atoms with Gasteiger partial charge in [-0.1, -0.05) is 18.2 Å². The van der Waals surface area contributed by atoms with Crippen LogP contribution in [-0.4, -0.2) is 22.0 Å². The smallest absolute Gasteiger partial charge is 0.220 e. The van der Waals surface area contributed by atoms with E-state index in [-0.39, 0.29) is 11.9 Å². The molecule has 0 spiro atoms. The molecule has 24 heavy (non-hydrogen) atoms. The number of hydrogen-bond acceptors (Lipinski definition) is 3.